The van der Waals surface area contributed by atoms with Crippen LogP contribution in [0.15, 0.2) is 0 Å². The van der Waals surface area contributed by atoms with Gasteiger partial charge >= 0.3 is 0 Å². The monoisotopic (exact) mass is 224 g/mol. The number of aromatic amines is 1. The molecule has 1 fully saturated rings. The van der Waals surface area contributed by atoms with Crippen LogP contribution in [0.5, 0.6) is 0 Å². The van der Waals surface area contributed by atoms with Crippen LogP contribution >= 0.6 is 0 Å². The van der Waals surface area contributed by atoms with E-state index in [1.807, 2.05) is 0 Å². The first-order chi connectivity index (χ1) is 7.80. The third-order valence-corrected chi connectivity index (χ3v) is 3.37. The number of methoxy groups -OCH3 is 1. The highest BCUT2D eigenvalue weighted by molar-refractivity contribution is 5.05. The number of nitrogens with zero attached hydrogens (tertiary/aromatic N) is 2. The molecule has 0 bridgehead atoms. The van der Waals surface area contributed by atoms with E-state index in [9.17, 15) is 0 Å². The minimum absolute atomic E-state index is 0.262. The van der Waals surface area contributed by atoms with Crippen molar-refractivity contribution in [1.29, 1.82) is 0 Å². The Labute approximate surface area is 95.8 Å². The maximum Gasteiger partial charge on any atom is 0.182 e. The van der Waals surface area contributed by atoms with Gasteiger partial charge in [-0.15, -0.1) is 0 Å². The van der Waals surface area contributed by atoms with Gasteiger partial charge in [0.25, 0.3) is 0 Å². The Hall–Kier alpha value is -0.940. The number of H-pyrrole nitrogens is 1. The highest BCUT2D eigenvalue weighted by Crippen LogP contribution is 2.38. The fourth-order valence-electron chi connectivity index (χ4n) is 2.39. The molecule has 0 amide bonds. The lowest BCUT2D eigenvalue weighted by molar-refractivity contribution is -0.0512. The summed E-state index contributed by atoms with van der Waals surface area (Å²) in [4.78, 5) is 4.50. The molecule has 1 aliphatic rings. The van der Waals surface area contributed by atoms with Crippen LogP contribution in [-0.4, -0.2) is 28.8 Å². The molecular formula is C11H20N4O. The van der Waals surface area contributed by atoms with Gasteiger partial charge in [-0.1, -0.05) is 19.3 Å². The fraction of sp³-hybridized carbons (Fsp3) is 0.818. The van der Waals surface area contributed by atoms with Crippen molar-refractivity contribution < 1.29 is 4.74 Å². The van der Waals surface area contributed by atoms with Crippen LogP contribution in [0.1, 0.15) is 43.8 Å². The second-order valence-corrected chi connectivity index (χ2v) is 4.40. The largest absolute Gasteiger partial charge is 0.370 e. The smallest absolute Gasteiger partial charge is 0.182 e. The summed E-state index contributed by atoms with van der Waals surface area (Å²) in [5, 5.41) is 7.23. The van der Waals surface area contributed by atoms with Gasteiger partial charge in [-0.2, -0.15) is 5.10 Å². The maximum atomic E-state index is 5.68. The van der Waals surface area contributed by atoms with E-state index < -0.39 is 0 Å². The van der Waals surface area contributed by atoms with Crippen molar-refractivity contribution >= 4 is 0 Å². The molecule has 0 atom stereocenters. The van der Waals surface area contributed by atoms with Gasteiger partial charge in [0.2, 0.25) is 0 Å². The van der Waals surface area contributed by atoms with E-state index in [1.54, 1.807) is 7.11 Å². The van der Waals surface area contributed by atoms with Gasteiger partial charge in [-0.3, -0.25) is 5.10 Å². The molecule has 5 heteroatoms. The molecule has 16 heavy (non-hydrogen) atoms. The van der Waals surface area contributed by atoms with Gasteiger partial charge in [0, 0.05) is 13.5 Å². The Bertz CT molecular complexity index is 330. The lowest BCUT2D eigenvalue weighted by Gasteiger charge is -2.33. The zero-order valence-corrected chi connectivity index (χ0v) is 9.83. The topological polar surface area (TPSA) is 76.8 Å². The predicted molar refractivity (Wildman–Crippen MR) is 60.9 cm³/mol. The zero-order chi connectivity index (χ0) is 11.4. The van der Waals surface area contributed by atoms with Crippen LogP contribution in [0.2, 0.25) is 0 Å². The molecule has 1 saturated carbocycles. The molecule has 0 radical (unpaired) electrons. The Morgan fingerprint density at radius 2 is 2.12 bits per heavy atom. The average Bonchev–Trinajstić information content (AvgIpc) is 2.80. The van der Waals surface area contributed by atoms with E-state index in [4.69, 9.17) is 10.5 Å². The number of nitrogens with two attached hydrogens (primary N) is 1. The first kappa shape index (κ1) is 11.5. The third-order valence-electron chi connectivity index (χ3n) is 3.37. The van der Waals surface area contributed by atoms with E-state index in [2.05, 4.69) is 15.2 Å². The second-order valence-electron chi connectivity index (χ2n) is 4.40. The molecule has 3 N–H and O–H groups in total. The summed E-state index contributed by atoms with van der Waals surface area (Å²) in [6.45, 7) is 0.592. The number of nitrogens with one attached hydrogen (secondary N) is 1. The Kier molecular flexibility index (Phi) is 3.56. The lowest BCUT2D eigenvalue weighted by atomic mass is 9.84. The highest BCUT2D eigenvalue weighted by Gasteiger charge is 2.37. The van der Waals surface area contributed by atoms with Crippen molar-refractivity contribution in [2.45, 2.75) is 44.1 Å². The SMILES string of the molecule is COC1(c2n[nH]c(CCN)n2)CCCCC1. The average molecular weight is 224 g/mol. The number of hydrogen-bond acceptors (Lipinski definition) is 4. The van der Waals surface area contributed by atoms with Gasteiger partial charge in [0.05, 0.1) is 0 Å². The third kappa shape index (κ3) is 2.10. The molecule has 0 spiro atoms. The molecule has 90 valence electrons. The van der Waals surface area contributed by atoms with Gasteiger partial charge in [-0.25, -0.2) is 4.98 Å². The molecule has 1 heterocycles. The van der Waals surface area contributed by atoms with Crippen LogP contribution in [-0.2, 0) is 16.8 Å². The van der Waals surface area contributed by atoms with Crippen LogP contribution in [0.3, 0.4) is 0 Å². The van der Waals surface area contributed by atoms with Crippen molar-refractivity contribution in [3.8, 4) is 0 Å². The predicted octanol–water partition coefficient (Wildman–Crippen LogP) is 1.11. The van der Waals surface area contributed by atoms with Crippen LogP contribution in [0.25, 0.3) is 0 Å². The van der Waals surface area contributed by atoms with Gasteiger partial charge in [-0.05, 0) is 19.4 Å². The Morgan fingerprint density at radius 1 is 1.38 bits per heavy atom. The molecule has 5 nitrogen and oxygen atoms in total. The number of aromatic nitrogens is 3. The summed E-state index contributed by atoms with van der Waals surface area (Å²) in [6, 6.07) is 0. The van der Waals surface area contributed by atoms with E-state index in [0.29, 0.717) is 6.54 Å². The molecule has 1 aliphatic carbocycles. The highest BCUT2D eigenvalue weighted by atomic mass is 16.5. The summed E-state index contributed by atoms with van der Waals surface area (Å²) >= 11 is 0. The van der Waals surface area contributed by atoms with E-state index in [-0.39, 0.29) is 5.60 Å². The van der Waals surface area contributed by atoms with Gasteiger partial charge in [0.1, 0.15) is 11.4 Å². The molecule has 0 aromatic carbocycles. The summed E-state index contributed by atoms with van der Waals surface area (Å²) in [5.41, 5.74) is 5.23. The van der Waals surface area contributed by atoms with Gasteiger partial charge < -0.3 is 10.5 Å². The summed E-state index contributed by atoms with van der Waals surface area (Å²) < 4.78 is 5.68. The molecule has 2 rings (SSSR count). The van der Waals surface area contributed by atoms with Crippen molar-refractivity contribution in [2.75, 3.05) is 13.7 Å². The minimum atomic E-state index is -0.262. The minimum Gasteiger partial charge on any atom is -0.370 e. The first-order valence-corrected chi connectivity index (χ1v) is 5.98. The lowest BCUT2D eigenvalue weighted by Crippen LogP contribution is -2.32. The molecule has 1 aromatic heterocycles. The molecule has 0 unspecified atom stereocenters. The number of rotatable bonds is 4. The molecule has 0 aliphatic heterocycles. The molecule has 1 aromatic rings. The molecule has 0 saturated heterocycles. The number of ether oxygens (including phenoxy) is 1. The van der Waals surface area contributed by atoms with Crippen molar-refractivity contribution in [1.82, 2.24) is 15.2 Å². The summed E-state index contributed by atoms with van der Waals surface area (Å²) in [6.07, 6.45) is 6.44. The van der Waals surface area contributed by atoms with E-state index in [1.165, 1.54) is 19.3 Å². The maximum absolute atomic E-state index is 5.68. The van der Waals surface area contributed by atoms with Gasteiger partial charge in [0.15, 0.2) is 5.82 Å². The Balaban J connectivity index is 2.18. The van der Waals surface area contributed by atoms with Crippen molar-refractivity contribution in [3.05, 3.63) is 11.6 Å². The fourth-order valence-corrected chi connectivity index (χ4v) is 2.39. The summed E-state index contributed by atoms with van der Waals surface area (Å²) in [7, 11) is 1.75. The Morgan fingerprint density at radius 3 is 2.75 bits per heavy atom. The second kappa shape index (κ2) is 4.93. The first-order valence-electron chi connectivity index (χ1n) is 5.98. The van der Waals surface area contributed by atoms with Crippen LogP contribution in [0.4, 0.5) is 0 Å². The van der Waals surface area contributed by atoms with Crippen molar-refractivity contribution in [2.24, 2.45) is 5.73 Å². The molecular weight excluding hydrogens is 204 g/mol. The van der Waals surface area contributed by atoms with Crippen LogP contribution < -0.4 is 5.73 Å². The normalized spacial score (nSPS) is 19.9. The quantitative estimate of drug-likeness (QED) is 0.803. The van der Waals surface area contributed by atoms with Crippen molar-refractivity contribution in [3.63, 3.8) is 0 Å². The standard InChI is InChI=1S/C11H20N4O/c1-16-11(6-3-2-4-7-11)10-13-9(5-8-12)14-15-10/h2-8,12H2,1H3,(H,13,14,15). The van der Waals surface area contributed by atoms with E-state index in [0.717, 1.165) is 30.9 Å². The number of hydrogen-bond donors (Lipinski definition) is 2. The van der Waals surface area contributed by atoms with Crippen LogP contribution in [0, 0.1) is 0 Å². The van der Waals surface area contributed by atoms with E-state index >= 15 is 0 Å². The zero-order valence-electron chi connectivity index (χ0n) is 9.83. The summed E-state index contributed by atoms with van der Waals surface area (Å²) in [5.74, 6) is 1.66.